The summed E-state index contributed by atoms with van der Waals surface area (Å²) in [5.41, 5.74) is 1.64. The summed E-state index contributed by atoms with van der Waals surface area (Å²) in [6, 6.07) is 13.7. The van der Waals surface area contributed by atoms with Crippen molar-refractivity contribution in [3.05, 3.63) is 59.2 Å². The largest absolute Gasteiger partial charge is 0.372 e. The van der Waals surface area contributed by atoms with E-state index in [2.05, 4.69) is 13.8 Å². The lowest BCUT2D eigenvalue weighted by Gasteiger charge is -2.27. The molecule has 0 aromatic heterocycles. The molecule has 3 nitrogen and oxygen atoms in total. The number of rotatable bonds is 3. The average Bonchev–Trinajstić information content (AvgIpc) is 3.17. The summed E-state index contributed by atoms with van der Waals surface area (Å²) in [5, 5.41) is 1.99. The molecule has 1 atom stereocenters. The lowest BCUT2D eigenvalue weighted by Crippen LogP contribution is -2.27. The lowest BCUT2D eigenvalue weighted by molar-refractivity contribution is -0.123. The van der Waals surface area contributed by atoms with Gasteiger partial charge < -0.3 is 4.74 Å². The van der Waals surface area contributed by atoms with Gasteiger partial charge in [-0.1, -0.05) is 56.3 Å². The minimum absolute atomic E-state index is 0.00645. The molecule has 2 aromatic rings. The molecule has 0 N–H and O–H groups in total. The highest BCUT2D eigenvalue weighted by molar-refractivity contribution is 6.17. The Morgan fingerprint density at radius 3 is 2.46 bits per heavy atom. The quantitative estimate of drug-likeness (QED) is 0.752. The van der Waals surface area contributed by atoms with Crippen molar-refractivity contribution in [3.8, 4) is 0 Å². The summed E-state index contributed by atoms with van der Waals surface area (Å²) < 4.78 is 5.67. The van der Waals surface area contributed by atoms with E-state index < -0.39 is 5.41 Å². The maximum Gasteiger partial charge on any atom is 0.192 e. The summed E-state index contributed by atoms with van der Waals surface area (Å²) in [4.78, 5) is 26.2. The van der Waals surface area contributed by atoms with E-state index in [1.165, 1.54) is 0 Å². The second kappa shape index (κ2) is 5.88. The molecule has 0 spiro atoms. The fraction of sp³-hybridized carbons (Fsp3) is 0.391. The molecule has 1 aliphatic carbocycles. The van der Waals surface area contributed by atoms with Gasteiger partial charge in [-0.2, -0.15) is 0 Å². The monoisotopic (exact) mass is 348 g/mol. The Balaban J connectivity index is 1.82. The third kappa shape index (κ3) is 2.62. The smallest absolute Gasteiger partial charge is 0.192 e. The van der Waals surface area contributed by atoms with E-state index in [9.17, 15) is 9.59 Å². The molecule has 4 rings (SSSR count). The van der Waals surface area contributed by atoms with Crippen molar-refractivity contribution in [1.29, 1.82) is 0 Å². The molecule has 26 heavy (non-hydrogen) atoms. The molecule has 1 aliphatic heterocycles. The fourth-order valence-electron chi connectivity index (χ4n) is 4.73. The Hall–Kier alpha value is -2.26. The second-order valence-electron chi connectivity index (χ2n) is 8.58. The number of Topliss-reactive ketones (excluding diaryl/α,β-unsaturated/α-hetero) is 2. The molecule has 0 saturated heterocycles. The van der Waals surface area contributed by atoms with Crippen molar-refractivity contribution in [2.45, 2.75) is 33.6 Å². The predicted molar refractivity (Wildman–Crippen MR) is 102 cm³/mol. The Labute approximate surface area is 154 Å². The van der Waals surface area contributed by atoms with Gasteiger partial charge in [-0.05, 0) is 35.1 Å². The normalized spacial score (nSPS) is 25.3. The fourth-order valence-corrected chi connectivity index (χ4v) is 4.73. The molecule has 0 radical (unpaired) electrons. The molecular formula is C23H24O3. The van der Waals surface area contributed by atoms with Crippen LogP contribution >= 0.6 is 0 Å². The van der Waals surface area contributed by atoms with Crippen molar-refractivity contribution in [2.24, 2.45) is 10.8 Å². The first-order valence-corrected chi connectivity index (χ1v) is 9.18. The molecule has 2 aromatic carbocycles. The number of ether oxygens (including phenoxy) is 1. The number of hydrogen-bond acceptors (Lipinski definition) is 3. The number of ketones is 2. The van der Waals surface area contributed by atoms with Crippen LogP contribution in [-0.2, 0) is 9.53 Å². The standard InChI is InChI=1S/C23H24O3/c1-22(2)11-20(24)23(3,14-22)19-13-26-12-18(19)21(25)17-10-6-8-15-7-4-5-9-16(15)17/h4-10H,11-14H2,1-3H3. The number of fused-ring (bicyclic) bond motifs is 1. The van der Waals surface area contributed by atoms with Gasteiger partial charge >= 0.3 is 0 Å². The Bertz CT molecular complexity index is 946. The molecule has 1 unspecified atom stereocenters. The van der Waals surface area contributed by atoms with Gasteiger partial charge in [-0.3, -0.25) is 9.59 Å². The van der Waals surface area contributed by atoms with Crippen molar-refractivity contribution in [2.75, 3.05) is 13.2 Å². The van der Waals surface area contributed by atoms with E-state index in [-0.39, 0.29) is 17.0 Å². The Kier molecular flexibility index (Phi) is 3.89. The highest BCUT2D eigenvalue weighted by atomic mass is 16.5. The molecule has 1 fully saturated rings. The van der Waals surface area contributed by atoms with Crippen LogP contribution in [0.4, 0.5) is 0 Å². The zero-order valence-corrected chi connectivity index (χ0v) is 15.6. The SMILES string of the molecule is CC1(C)CC(=O)C(C)(C2=C(C(=O)c3cccc4ccccc34)COC2)C1. The van der Waals surface area contributed by atoms with E-state index in [1.807, 2.05) is 49.4 Å². The van der Waals surface area contributed by atoms with Crippen molar-refractivity contribution in [3.63, 3.8) is 0 Å². The van der Waals surface area contributed by atoms with Crippen LogP contribution in [0.1, 0.15) is 44.0 Å². The summed E-state index contributed by atoms with van der Waals surface area (Å²) in [5.74, 6) is 0.222. The van der Waals surface area contributed by atoms with Crippen LogP contribution in [0, 0.1) is 10.8 Å². The zero-order valence-electron chi connectivity index (χ0n) is 15.6. The van der Waals surface area contributed by atoms with E-state index in [0.717, 1.165) is 22.8 Å². The van der Waals surface area contributed by atoms with Crippen LogP contribution in [0.3, 0.4) is 0 Å². The Morgan fingerprint density at radius 2 is 1.73 bits per heavy atom. The first kappa shape index (κ1) is 17.2. The first-order valence-electron chi connectivity index (χ1n) is 9.18. The second-order valence-corrected chi connectivity index (χ2v) is 8.58. The summed E-state index contributed by atoms with van der Waals surface area (Å²) >= 11 is 0. The van der Waals surface area contributed by atoms with Gasteiger partial charge in [0.2, 0.25) is 0 Å². The van der Waals surface area contributed by atoms with Crippen LogP contribution in [0.2, 0.25) is 0 Å². The van der Waals surface area contributed by atoms with Crippen molar-refractivity contribution in [1.82, 2.24) is 0 Å². The maximum atomic E-state index is 13.4. The molecule has 1 saturated carbocycles. The number of hydrogen-bond donors (Lipinski definition) is 0. The third-order valence-corrected chi connectivity index (χ3v) is 5.92. The minimum atomic E-state index is -0.588. The molecule has 0 bridgehead atoms. The maximum absolute atomic E-state index is 13.4. The van der Waals surface area contributed by atoms with Gasteiger partial charge in [0.15, 0.2) is 5.78 Å². The van der Waals surface area contributed by atoms with Crippen molar-refractivity contribution >= 4 is 22.3 Å². The third-order valence-electron chi connectivity index (χ3n) is 5.92. The predicted octanol–water partition coefficient (Wildman–Crippen LogP) is 4.74. The molecule has 2 aliphatic rings. The molecule has 3 heteroatoms. The molecule has 0 amide bonds. The summed E-state index contributed by atoms with van der Waals surface area (Å²) in [6.45, 7) is 6.91. The van der Waals surface area contributed by atoms with Crippen molar-refractivity contribution < 1.29 is 14.3 Å². The first-order chi connectivity index (χ1) is 12.3. The van der Waals surface area contributed by atoms with E-state index in [0.29, 0.717) is 30.8 Å². The Morgan fingerprint density at radius 1 is 1.00 bits per heavy atom. The van der Waals surface area contributed by atoms with E-state index in [1.54, 1.807) is 0 Å². The van der Waals surface area contributed by atoms with Crippen LogP contribution in [0.5, 0.6) is 0 Å². The highest BCUT2D eigenvalue weighted by Gasteiger charge is 2.51. The van der Waals surface area contributed by atoms with Crippen LogP contribution in [0.25, 0.3) is 10.8 Å². The lowest BCUT2D eigenvalue weighted by atomic mass is 9.75. The van der Waals surface area contributed by atoms with Crippen LogP contribution < -0.4 is 0 Å². The molecule has 1 heterocycles. The van der Waals surface area contributed by atoms with Crippen LogP contribution in [-0.4, -0.2) is 24.8 Å². The molecular weight excluding hydrogens is 324 g/mol. The number of benzene rings is 2. The average molecular weight is 348 g/mol. The minimum Gasteiger partial charge on any atom is -0.372 e. The zero-order chi connectivity index (χ0) is 18.5. The van der Waals surface area contributed by atoms with E-state index >= 15 is 0 Å². The van der Waals surface area contributed by atoms with Gasteiger partial charge in [-0.15, -0.1) is 0 Å². The highest BCUT2D eigenvalue weighted by Crippen LogP contribution is 2.52. The van der Waals surface area contributed by atoms with Gasteiger partial charge in [0.1, 0.15) is 5.78 Å². The van der Waals surface area contributed by atoms with Gasteiger partial charge in [-0.25, -0.2) is 0 Å². The van der Waals surface area contributed by atoms with Gasteiger partial charge in [0, 0.05) is 17.6 Å². The topological polar surface area (TPSA) is 43.4 Å². The van der Waals surface area contributed by atoms with E-state index in [4.69, 9.17) is 4.74 Å². The van der Waals surface area contributed by atoms with Crippen LogP contribution in [0.15, 0.2) is 53.6 Å². The summed E-state index contributed by atoms with van der Waals surface area (Å²) in [6.07, 6.45) is 1.33. The summed E-state index contributed by atoms with van der Waals surface area (Å²) in [7, 11) is 0. The van der Waals surface area contributed by atoms with Gasteiger partial charge in [0.25, 0.3) is 0 Å². The number of carbonyl (C=O) groups excluding carboxylic acids is 2. The number of carbonyl (C=O) groups is 2. The molecule has 134 valence electrons. The van der Waals surface area contributed by atoms with Gasteiger partial charge in [0.05, 0.1) is 18.6 Å².